The molecule has 1 aromatic rings. The van der Waals surface area contributed by atoms with Crippen LogP contribution in [0.3, 0.4) is 0 Å². The zero-order valence-electron chi connectivity index (χ0n) is 19.3. The van der Waals surface area contributed by atoms with Gasteiger partial charge < -0.3 is 20.4 Å². The van der Waals surface area contributed by atoms with Crippen LogP contribution < -0.4 is 0 Å². The maximum Gasteiger partial charge on any atom is 0.325 e. The first-order valence-corrected chi connectivity index (χ1v) is 11.0. The molecule has 1 heterocycles. The molecule has 1 aromatic carbocycles. The van der Waals surface area contributed by atoms with Gasteiger partial charge in [-0.05, 0) is 5.56 Å². The summed E-state index contributed by atoms with van der Waals surface area (Å²) in [6, 6.07) is 7.71. The summed E-state index contributed by atoms with van der Waals surface area (Å²) in [6.07, 6.45) is 0. The van der Waals surface area contributed by atoms with E-state index in [-0.39, 0.29) is 112 Å². The van der Waals surface area contributed by atoms with Crippen molar-refractivity contribution >= 4 is 23.9 Å². The van der Waals surface area contributed by atoms with Crippen molar-refractivity contribution < 1.29 is 79.5 Å². The van der Waals surface area contributed by atoms with E-state index < -0.39 is 29.9 Å². The predicted octanol–water partition coefficient (Wildman–Crippen LogP) is -0.712. The Morgan fingerprint density at radius 2 is 0.971 bits per heavy atom. The van der Waals surface area contributed by atoms with Crippen LogP contribution in [0.2, 0.25) is 0 Å². The maximum absolute atomic E-state index is 12.2. The minimum absolute atomic E-state index is 0. The van der Waals surface area contributed by atoms with Crippen molar-refractivity contribution in [2.24, 2.45) is 0 Å². The number of aliphatic carboxylic acids is 4. The van der Waals surface area contributed by atoms with E-state index in [1.54, 1.807) is 49.9 Å². The van der Waals surface area contributed by atoms with Gasteiger partial charge in [0.2, 0.25) is 0 Å². The molecule has 2 rings (SSSR count). The van der Waals surface area contributed by atoms with Crippen LogP contribution >= 0.6 is 0 Å². The first-order chi connectivity index (χ1) is 16.2. The van der Waals surface area contributed by atoms with Gasteiger partial charge in [0.25, 0.3) is 0 Å². The Hall–Kier alpha value is -1.74. The van der Waals surface area contributed by atoms with Crippen molar-refractivity contribution in [2.75, 3.05) is 72.0 Å². The Morgan fingerprint density at radius 3 is 1.29 bits per heavy atom. The van der Waals surface area contributed by atoms with E-state index in [4.69, 9.17) is 0 Å². The van der Waals surface area contributed by atoms with Gasteiger partial charge in [0, 0.05) is 92.3 Å². The van der Waals surface area contributed by atoms with Crippen LogP contribution in [0.1, 0.15) is 11.6 Å². The molecule has 1 saturated heterocycles. The molecule has 0 aliphatic carbocycles. The van der Waals surface area contributed by atoms with Crippen molar-refractivity contribution in [1.82, 2.24) is 19.6 Å². The largest absolute Gasteiger partial charge is 0.480 e. The number of carbonyl (C=O) groups is 4. The summed E-state index contributed by atoms with van der Waals surface area (Å²) in [5, 5.41) is 37.8. The van der Waals surface area contributed by atoms with Crippen molar-refractivity contribution in [1.29, 1.82) is 0 Å². The Balaban J connectivity index is 0.00000612. The molecule has 1 aliphatic heterocycles. The summed E-state index contributed by atoms with van der Waals surface area (Å²) in [4.78, 5) is 52.9. The number of carboxylic acid groups (broad SMARTS) is 4. The molecule has 196 valence electrons. The van der Waals surface area contributed by atoms with Gasteiger partial charge in [0.15, 0.2) is 0 Å². The molecular weight excluding hydrogens is 606 g/mol. The van der Waals surface area contributed by atoms with E-state index in [2.05, 4.69) is 0 Å². The molecule has 0 spiro atoms. The quantitative estimate of drug-likeness (QED) is 0.270. The standard InChI is InChI=1S/C22H32N4O8.Gd/c27-18(28)14-23-6-8-24(15-19(29)30)10-12-26(13-11-25(9-7-23)16-20(31)32)21(22(33)34)17-4-2-1-3-5-17;/h1-5,21H,6-16H2,(H,27,28)(H,29,30)(H,31,32)(H,33,34);. The van der Waals surface area contributed by atoms with E-state index in [1.807, 2.05) is 0 Å². The fourth-order valence-electron chi connectivity index (χ4n) is 4.00. The third kappa shape index (κ3) is 11.7. The van der Waals surface area contributed by atoms with Crippen molar-refractivity contribution in [3.05, 3.63) is 35.9 Å². The van der Waals surface area contributed by atoms with Crippen molar-refractivity contribution in [3.8, 4) is 0 Å². The summed E-state index contributed by atoms with van der Waals surface area (Å²) >= 11 is 0. The molecule has 35 heavy (non-hydrogen) atoms. The molecule has 0 saturated carbocycles. The normalized spacial score (nSPS) is 18.4. The Labute approximate surface area is 235 Å². The summed E-state index contributed by atoms with van der Waals surface area (Å²) < 4.78 is 0. The first kappa shape index (κ1) is 31.3. The van der Waals surface area contributed by atoms with Crippen LogP contribution in [0.4, 0.5) is 0 Å². The molecule has 13 heteroatoms. The van der Waals surface area contributed by atoms with Gasteiger partial charge in [-0.15, -0.1) is 0 Å². The second-order valence-electron chi connectivity index (χ2n) is 8.20. The number of carboxylic acids is 4. The number of rotatable bonds is 9. The third-order valence-electron chi connectivity index (χ3n) is 5.66. The van der Waals surface area contributed by atoms with Crippen LogP contribution in [0, 0.1) is 39.9 Å². The molecule has 0 amide bonds. The van der Waals surface area contributed by atoms with E-state index >= 15 is 0 Å². The van der Waals surface area contributed by atoms with E-state index in [0.29, 0.717) is 5.56 Å². The topological polar surface area (TPSA) is 162 Å². The van der Waals surface area contributed by atoms with Gasteiger partial charge in [-0.25, -0.2) is 0 Å². The van der Waals surface area contributed by atoms with Crippen LogP contribution in [-0.4, -0.2) is 136 Å². The molecule has 0 bridgehead atoms. The van der Waals surface area contributed by atoms with E-state index in [9.17, 15) is 39.6 Å². The summed E-state index contributed by atoms with van der Waals surface area (Å²) in [7, 11) is 0. The van der Waals surface area contributed by atoms with Gasteiger partial charge in [-0.1, -0.05) is 30.3 Å². The Morgan fingerprint density at radius 1 is 0.629 bits per heavy atom. The summed E-state index contributed by atoms with van der Waals surface area (Å²) in [5.41, 5.74) is 0.573. The second-order valence-corrected chi connectivity index (χ2v) is 8.20. The Kier molecular flexibility index (Phi) is 14.4. The fraction of sp³-hybridized carbons (Fsp3) is 0.545. The molecule has 0 aromatic heterocycles. The molecule has 1 atom stereocenters. The predicted molar refractivity (Wildman–Crippen MR) is 121 cm³/mol. The van der Waals surface area contributed by atoms with Crippen molar-refractivity contribution in [2.45, 2.75) is 6.04 Å². The van der Waals surface area contributed by atoms with Crippen LogP contribution in [0.25, 0.3) is 0 Å². The van der Waals surface area contributed by atoms with Gasteiger partial charge in [0.05, 0.1) is 19.6 Å². The number of benzene rings is 1. The molecule has 12 nitrogen and oxygen atoms in total. The summed E-state index contributed by atoms with van der Waals surface area (Å²) in [6.45, 7) is 1.31. The van der Waals surface area contributed by atoms with Crippen LogP contribution in [0.5, 0.6) is 0 Å². The second kappa shape index (κ2) is 16.1. The molecular formula is C22H32GdN4O8. The zero-order chi connectivity index (χ0) is 25.1. The molecule has 0 radical (unpaired) electrons. The summed E-state index contributed by atoms with van der Waals surface area (Å²) in [5.74, 6) is -4.15. The first-order valence-electron chi connectivity index (χ1n) is 11.0. The van der Waals surface area contributed by atoms with Gasteiger partial charge in [-0.3, -0.25) is 38.8 Å². The molecule has 1 aliphatic rings. The number of hydrogen-bond acceptors (Lipinski definition) is 8. The SMILES string of the molecule is O=C(O)CN1CCN(CC(=O)O)CCN(C(C(=O)O)c2ccccc2)CCN(CC(=O)O)CC1.[Gd]. The Bertz CT molecular complexity index is 812. The number of nitrogens with zero attached hydrogens (tertiary/aromatic N) is 4. The van der Waals surface area contributed by atoms with Gasteiger partial charge >= 0.3 is 23.9 Å². The minimum atomic E-state index is -1.06. The molecule has 1 fully saturated rings. The van der Waals surface area contributed by atoms with Crippen LogP contribution in [-0.2, 0) is 19.2 Å². The third-order valence-corrected chi connectivity index (χ3v) is 5.66. The number of hydrogen-bond donors (Lipinski definition) is 4. The van der Waals surface area contributed by atoms with E-state index in [1.165, 1.54) is 0 Å². The maximum atomic E-state index is 12.2. The van der Waals surface area contributed by atoms with Gasteiger partial charge in [-0.2, -0.15) is 0 Å². The van der Waals surface area contributed by atoms with Crippen molar-refractivity contribution in [3.63, 3.8) is 0 Å². The fourth-order valence-corrected chi connectivity index (χ4v) is 4.00. The molecule has 1 unspecified atom stereocenters. The average molecular weight is 638 g/mol. The average Bonchev–Trinajstić information content (AvgIpc) is 2.75. The zero-order valence-corrected chi connectivity index (χ0v) is 21.6. The molecule has 4 N–H and O–H groups in total. The monoisotopic (exact) mass is 638 g/mol. The smallest absolute Gasteiger partial charge is 0.325 e. The minimum Gasteiger partial charge on any atom is -0.480 e. The van der Waals surface area contributed by atoms with Gasteiger partial charge in [0.1, 0.15) is 6.04 Å². The van der Waals surface area contributed by atoms with Crippen LogP contribution in [0.15, 0.2) is 30.3 Å². The van der Waals surface area contributed by atoms with E-state index in [0.717, 1.165) is 0 Å².